The third-order valence-corrected chi connectivity index (χ3v) is 3.92. The van der Waals surface area contributed by atoms with E-state index in [2.05, 4.69) is 37.3 Å². The van der Waals surface area contributed by atoms with E-state index in [-0.39, 0.29) is 6.10 Å². The van der Waals surface area contributed by atoms with Crippen LogP contribution >= 0.6 is 0 Å². The highest BCUT2D eigenvalue weighted by Gasteiger charge is 2.21. The van der Waals surface area contributed by atoms with Gasteiger partial charge in [-0.1, -0.05) is 42.0 Å². The first-order chi connectivity index (χ1) is 10.3. The number of nitrogens with two attached hydrogens (primary N) is 1. The van der Waals surface area contributed by atoms with E-state index in [4.69, 9.17) is 15.2 Å². The van der Waals surface area contributed by atoms with Crippen LogP contribution in [0.1, 0.15) is 28.4 Å². The first kappa shape index (κ1) is 14.1. The number of hydrogen-bond acceptors (Lipinski definition) is 3. The summed E-state index contributed by atoms with van der Waals surface area (Å²) in [7, 11) is 0. The molecule has 0 aromatic heterocycles. The molecule has 0 saturated carbocycles. The number of ether oxygens (including phenoxy) is 2. The molecule has 2 aromatic rings. The van der Waals surface area contributed by atoms with Crippen LogP contribution < -0.4 is 10.5 Å². The lowest BCUT2D eigenvalue weighted by Gasteiger charge is -2.26. The average Bonchev–Trinajstić information content (AvgIpc) is 2.53. The molecule has 110 valence electrons. The van der Waals surface area contributed by atoms with Crippen molar-refractivity contribution in [3.8, 4) is 5.75 Å². The van der Waals surface area contributed by atoms with Gasteiger partial charge in [0.25, 0.3) is 0 Å². The zero-order chi connectivity index (χ0) is 14.7. The maximum Gasteiger partial charge on any atom is 0.123 e. The van der Waals surface area contributed by atoms with Gasteiger partial charge < -0.3 is 15.2 Å². The molecule has 1 heterocycles. The van der Waals surface area contributed by atoms with Crippen LogP contribution in [0.15, 0.2) is 42.5 Å². The van der Waals surface area contributed by atoms with Gasteiger partial charge in [-0.3, -0.25) is 0 Å². The van der Waals surface area contributed by atoms with Crippen molar-refractivity contribution in [1.82, 2.24) is 0 Å². The summed E-state index contributed by atoms with van der Waals surface area (Å²) in [6.45, 7) is 3.82. The standard InChI is InChI=1S/C18H21NO2/c1-13-6-7-17(15(10-13)11-19)21-12-18-16-5-3-2-4-14(16)8-9-20-18/h2-7,10,18H,8-9,11-12,19H2,1H3. The van der Waals surface area contributed by atoms with Crippen LogP contribution in [-0.4, -0.2) is 13.2 Å². The first-order valence-electron chi connectivity index (χ1n) is 7.39. The van der Waals surface area contributed by atoms with Gasteiger partial charge in [-0.05, 0) is 30.5 Å². The number of aryl methyl sites for hydroxylation is 1. The van der Waals surface area contributed by atoms with E-state index in [0.717, 1.165) is 24.3 Å². The second kappa shape index (κ2) is 6.29. The minimum Gasteiger partial charge on any atom is -0.490 e. The second-order valence-electron chi connectivity index (χ2n) is 5.43. The number of fused-ring (bicyclic) bond motifs is 1. The molecule has 0 saturated heterocycles. The Labute approximate surface area is 125 Å². The molecule has 0 radical (unpaired) electrons. The molecule has 0 amide bonds. The van der Waals surface area contributed by atoms with Crippen LogP contribution in [0.2, 0.25) is 0 Å². The van der Waals surface area contributed by atoms with Crippen LogP contribution in [0.25, 0.3) is 0 Å². The molecule has 0 spiro atoms. The van der Waals surface area contributed by atoms with E-state index in [0.29, 0.717) is 13.2 Å². The fourth-order valence-corrected chi connectivity index (χ4v) is 2.79. The van der Waals surface area contributed by atoms with Crippen LogP contribution in [0.5, 0.6) is 5.75 Å². The summed E-state index contributed by atoms with van der Waals surface area (Å²) >= 11 is 0. The summed E-state index contributed by atoms with van der Waals surface area (Å²) in [6.07, 6.45) is 0.979. The van der Waals surface area contributed by atoms with E-state index in [1.165, 1.54) is 16.7 Å². The van der Waals surface area contributed by atoms with Gasteiger partial charge in [0.15, 0.2) is 0 Å². The van der Waals surface area contributed by atoms with Gasteiger partial charge in [-0.2, -0.15) is 0 Å². The molecule has 0 aliphatic carbocycles. The van der Waals surface area contributed by atoms with Gasteiger partial charge in [0.1, 0.15) is 18.5 Å². The predicted molar refractivity (Wildman–Crippen MR) is 83.4 cm³/mol. The molecule has 3 heteroatoms. The molecule has 1 atom stereocenters. The lowest BCUT2D eigenvalue weighted by Crippen LogP contribution is -2.22. The van der Waals surface area contributed by atoms with Gasteiger partial charge in [0.05, 0.1) is 6.61 Å². The van der Waals surface area contributed by atoms with Crippen LogP contribution in [0, 0.1) is 6.92 Å². The predicted octanol–water partition coefficient (Wildman–Crippen LogP) is 3.15. The Morgan fingerprint density at radius 2 is 2.10 bits per heavy atom. The SMILES string of the molecule is Cc1ccc(OCC2OCCc3ccccc32)c(CN)c1. The Kier molecular flexibility index (Phi) is 4.23. The molecule has 1 aliphatic rings. The van der Waals surface area contributed by atoms with Gasteiger partial charge in [-0.25, -0.2) is 0 Å². The monoisotopic (exact) mass is 283 g/mol. The van der Waals surface area contributed by atoms with E-state index >= 15 is 0 Å². The Balaban J connectivity index is 1.74. The molecule has 1 aliphatic heterocycles. The number of rotatable bonds is 4. The van der Waals surface area contributed by atoms with E-state index < -0.39 is 0 Å². The minimum absolute atomic E-state index is 0.00174. The molecule has 2 N–H and O–H groups in total. The Morgan fingerprint density at radius 1 is 1.24 bits per heavy atom. The lowest BCUT2D eigenvalue weighted by atomic mass is 9.98. The summed E-state index contributed by atoms with van der Waals surface area (Å²) in [5, 5.41) is 0. The van der Waals surface area contributed by atoms with Crippen molar-refractivity contribution < 1.29 is 9.47 Å². The minimum atomic E-state index is 0.00174. The number of benzene rings is 2. The van der Waals surface area contributed by atoms with Crippen molar-refractivity contribution in [2.24, 2.45) is 5.73 Å². The third kappa shape index (κ3) is 3.09. The van der Waals surface area contributed by atoms with Crippen molar-refractivity contribution in [2.75, 3.05) is 13.2 Å². The largest absolute Gasteiger partial charge is 0.490 e. The highest BCUT2D eigenvalue weighted by atomic mass is 16.5. The zero-order valence-corrected chi connectivity index (χ0v) is 12.3. The molecule has 3 rings (SSSR count). The third-order valence-electron chi connectivity index (χ3n) is 3.92. The second-order valence-corrected chi connectivity index (χ2v) is 5.43. The summed E-state index contributed by atoms with van der Waals surface area (Å²) in [5.41, 5.74) is 10.6. The van der Waals surface area contributed by atoms with E-state index in [1.807, 2.05) is 12.1 Å². The molecule has 0 bridgehead atoms. The lowest BCUT2D eigenvalue weighted by molar-refractivity contribution is 0.00999. The summed E-state index contributed by atoms with van der Waals surface area (Å²) in [4.78, 5) is 0. The van der Waals surface area contributed by atoms with E-state index in [9.17, 15) is 0 Å². The van der Waals surface area contributed by atoms with Crippen molar-refractivity contribution in [2.45, 2.75) is 26.0 Å². The summed E-state index contributed by atoms with van der Waals surface area (Å²) in [6, 6.07) is 14.5. The smallest absolute Gasteiger partial charge is 0.123 e. The Hall–Kier alpha value is -1.84. The van der Waals surface area contributed by atoms with Crippen LogP contribution in [0.4, 0.5) is 0 Å². The highest BCUT2D eigenvalue weighted by molar-refractivity contribution is 5.37. The Bertz CT molecular complexity index is 624. The van der Waals surface area contributed by atoms with Gasteiger partial charge in [0, 0.05) is 12.1 Å². The Morgan fingerprint density at radius 3 is 2.95 bits per heavy atom. The first-order valence-corrected chi connectivity index (χ1v) is 7.39. The molecule has 21 heavy (non-hydrogen) atoms. The molecular weight excluding hydrogens is 262 g/mol. The topological polar surface area (TPSA) is 44.5 Å². The molecular formula is C18H21NO2. The molecule has 2 aromatic carbocycles. The van der Waals surface area contributed by atoms with Crippen molar-refractivity contribution in [3.63, 3.8) is 0 Å². The normalized spacial score (nSPS) is 17.3. The maximum atomic E-state index is 5.97. The van der Waals surface area contributed by atoms with Gasteiger partial charge in [-0.15, -0.1) is 0 Å². The van der Waals surface area contributed by atoms with Crippen molar-refractivity contribution >= 4 is 0 Å². The van der Waals surface area contributed by atoms with Crippen molar-refractivity contribution in [1.29, 1.82) is 0 Å². The molecule has 1 unspecified atom stereocenters. The van der Waals surface area contributed by atoms with Gasteiger partial charge >= 0.3 is 0 Å². The highest BCUT2D eigenvalue weighted by Crippen LogP contribution is 2.28. The van der Waals surface area contributed by atoms with Crippen LogP contribution in [0.3, 0.4) is 0 Å². The number of hydrogen-bond donors (Lipinski definition) is 1. The van der Waals surface area contributed by atoms with E-state index in [1.54, 1.807) is 0 Å². The quantitative estimate of drug-likeness (QED) is 0.937. The average molecular weight is 283 g/mol. The molecule has 0 fully saturated rings. The fourth-order valence-electron chi connectivity index (χ4n) is 2.79. The summed E-state index contributed by atoms with van der Waals surface area (Å²) < 4.78 is 11.8. The zero-order valence-electron chi connectivity index (χ0n) is 12.3. The fraction of sp³-hybridized carbons (Fsp3) is 0.333. The van der Waals surface area contributed by atoms with Gasteiger partial charge in [0.2, 0.25) is 0 Å². The summed E-state index contributed by atoms with van der Waals surface area (Å²) in [5.74, 6) is 0.856. The van der Waals surface area contributed by atoms with Crippen LogP contribution in [-0.2, 0) is 17.7 Å². The molecule has 3 nitrogen and oxygen atoms in total. The maximum absolute atomic E-state index is 5.97. The van der Waals surface area contributed by atoms with Crippen molar-refractivity contribution in [3.05, 3.63) is 64.7 Å².